The van der Waals surface area contributed by atoms with Crippen molar-refractivity contribution in [1.29, 1.82) is 5.26 Å². The molecular weight excluding hydrogens is 539 g/mol. The number of carbonyl (C=O) groups is 1. The number of hydrogen-bond donors (Lipinski definition) is 1. The number of aromatic nitrogens is 2. The van der Waals surface area contributed by atoms with Crippen LogP contribution in [0.15, 0.2) is 73.8 Å². The van der Waals surface area contributed by atoms with E-state index in [1.54, 1.807) is 31.2 Å². The maximum Gasteiger partial charge on any atom is 0.416 e. The number of thioether (sulfide) groups is 1. The van der Waals surface area contributed by atoms with Gasteiger partial charge in [-0.25, -0.2) is 9.48 Å². The molecule has 2 aromatic heterocycles. The van der Waals surface area contributed by atoms with E-state index in [4.69, 9.17) is 4.74 Å². The fourth-order valence-electron chi connectivity index (χ4n) is 3.60. The van der Waals surface area contributed by atoms with Gasteiger partial charge < -0.3 is 4.74 Å². The number of thiophene rings is 1. The highest BCUT2D eigenvalue weighted by Crippen LogP contribution is 2.47. The first-order valence-corrected chi connectivity index (χ1v) is 12.6. The van der Waals surface area contributed by atoms with Crippen LogP contribution in [0.4, 0.5) is 23.9 Å². The maximum atomic E-state index is 13.2. The van der Waals surface area contributed by atoms with Gasteiger partial charge in [0.1, 0.15) is 11.0 Å². The van der Waals surface area contributed by atoms with Crippen molar-refractivity contribution in [3.05, 3.63) is 81.8 Å². The van der Waals surface area contributed by atoms with E-state index in [0.29, 0.717) is 15.3 Å². The normalized spacial score (nSPS) is 11.6. The number of nitrogens with zero attached hydrogens (tertiary/aromatic N) is 4. The Morgan fingerprint density at radius 1 is 1.18 bits per heavy atom. The largest absolute Gasteiger partial charge is 0.462 e. The summed E-state index contributed by atoms with van der Waals surface area (Å²) in [6.45, 7) is 3.27. The SMILES string of the molecule is CCOC(=O)c1c(N=Nc2c(C)[nH]n(-c3cccc(C(F)(F)F)c3)c2=O)sc(SC#N)c1-c1ccccc1. The van der Waals surface area contributed by atoms with Crippen LogP contribution in [0.25, 0.3) is 16.8 Å². The lowest BCUT2D eigenvalue weighted by Gasteiger charge is -2.08. The van der Waals surface area contributed by atoms with Crippen molar-refractivity contribution in [3.63, 3.8) is 0 Å². The molecule has 0 radical (unpaired) electrons. The second-order valence-corrected chi connectivity index (χ2v) is 9.75. The Labute approximate surface area is 222 Å². The summed E-state index contributed by atoms with van der Waals surface area (Å²) < 4.78 is 46.1. The molecule has 8 nitrogen and oxygen atoms in total. The molecule has 0 aliphatic carbocycles. The van der Waals surface area contributed by atoms with Gasteiger partial charge in [-0.15, -0.1) is 21.6 Å². The third-order valence-corrected chi connectivity index (χ3v) is 7.10. The van der Waals surface area contributed by atoms with E-state index < -0.39 is 23.3 Å². The van der Waals surface area contributed by atoms with E-state index >= 15 is 0 Å². The third-order valence-electron chi connectivity index (χ3n) is 5.25. The number of aryl methyl sites for hydroxylation is 1. The van der Waals surface area contributed by atoms with Gasteiger partial charge in [0.2, 0.25) is 0 Å². The van der Waals surface area contributed by atoms with Crippen molar-refractivity contribution < 1.29 is 22.7 Å². The highest BCUT2D eigenvalue weighted by atomic mass is 32.2. The predicted octanol–water partition coefficient (Wildman–Crippen LogP) is 7.39. The van der Waals surface area contributed by atoms with Crippen molar-refractivity contribution >= 4 is 39.8 Å². The number of thiocyanates is 1. The van der Waals surface area contributed by atoms with Gasteiger partial charge in [-0.3, -0.25) is 9.89 Å². The van der Waals surface area contributed by atoms with Crippen LogP contribution in [-0.2, 0) is 10.9 Å². The van der Waals surface area contributed by atoms with Crippen molar-refractivity contribution in [2.45, 2.75) is 24.2 Å². The molecule has 4 aromatic rings. The lowest BCUT2D eigenvalue weighted by Crippen LogP contribution is -2.15. The summed E-state index contributed by atoms with van der Waals surface area (Å²) in [5.74, 6) is -0.673. The number of hydrogen-bond acceptors (Lipinski definition) is 8. The van der Waals surface area contributed by atoms with E-state index in [-0.39, 0.29) is 34.2 Å². The maximum absolute atomic E-state index is 13.2. The number of alkyl halides is 3. The molecule has 13 heteroatoms. The standard InChI is InChI=1S/C25H18F3N5O3S2/c1-3-36-23(35)19-18(15-8-5-4-6-9-15)24(37-13-29)38-21(19)31-30-20-14(2)32-33(22(20)34)17-11-7-10-16(12-17)25(26,27)28/h4-12,32H,3H2,1-2H3. The molecular formula is C25H18F3N5O3S2. The van der Waals surface area contributed by atoms with Crippen LogP contribution in [-0.4, -0.2) is 22.4 Å². The van der Waals surface area contributed by atoms with Gasteiger partial charge in [-0.05, 0) is 37.6 Å². The molecule has 0 aliphatic rings. The molecule has 0 aliphatic heterocycles. The van der Waals surface area contributed by atoms with Crippen LogP contribution in [0.5, 0.6) is 0 Å². The van der Waals surface area contributed by atoms with E-state index in [0.717, 1.165) is 39.9 Å². The number of rotatable bonds is 7. The van der Waals surface area contributed by atoms with Crippen molar-refractivity contribution in [2.75, 3.05) is 6.61 Å². The summed E-state index contributed by atoms with van der Waals surface area (Å²) in [4.78, 5) is 26.0. The summed E-state index contributed by atoms with van der Waals surface area (Å²) in [6.07, 6.45) is -4.58. The molecule has 0 bridgehead atoms. The van der Waals surface area contributed by atoms with E-state index in [1.165, 1.54) is 19.1 Å². The van der Waals surface area contributed by atoms with Crippen LogP contribution in [0, 0.1) is 17.6 Å². The fourth-order valence-corrected chi connectivity index (χ4v) is 5.38. The summed E-state index contributed by atoms with van der Waals surface area (Å²) >= 11 is 1.88. The fraction of sp³-hybridized carbons (Fsp3) is 0.160. The zero-order valence-corrected chi connectivity index (χ0v) is 21.5. The van der Waals surface area contributed by atoms with Crippen LogP contribution in [0.3, 0.4) is 0 Å². The predicted molar refractivity (Wildman–Crippen MR) is 137 cm³/mol. The minimum absolute atomic E-state index is 0.0308. The number of halogens is 3. The minimum Gasteiger partial charge on any atom is -0.462 e. The number of benzene rings is 2. The quantitative estimate of drug-likeness (QED) is 0.110. The van der Waals surface area contributed by atoms with E-state index in [9.17, 15) is 28.0 Å². The molecule has 0 saturated heterocycles. The average molecular weight is 558 g/mol. The third kappa shape index (κ3) is 5.41. The number of ether oxygens (including phenoxy) is 1. The number of nitriles is 1. The first kappa shape index (κ1) is 26.9. The Bertz CT molecular complexity index is 1620. The Kier molecular flexibility index (Phi) is 7.84. The summed E-state index contributed by atoms with van der Waals surface area (Å²) in [5, 5.41) is 22.4. The molecule has 2 aromatic carbocycles. The van der Waals surface area contributed by atoms with Gasteiger partial charge >= 0.3 is 12.1 Å². The van der Waals surface area contributed by atoms with Gasteiger partial charge in [-0.2, -0.15) is 18.4 Å². The van der Waals surface area contributed by atoms with Gasteiger partial charge in [0, 0.05) is 17.3 Å². The Balaban J connectivity index is 1.82. The molecule has 0 unspecified atom stereocenters. The van der Waals surface area contributed by atoms with Gasteiger partial charge in [0.25, 0.3) is 5.56 Å². The minimum atomic E-state index is -4.58. The number of carbonyl (C=O) groups excluding carboxylic acids is 1. The van der Waals surface area contributed by atoms with Crippen LogP contribution in [0.2, 0.25) is 0 Å². The van der Waals surface area contributed by atoms with Crippen LogP contribution in [0.1, 0.15) is 28.5 Å². The highest BCUT2D eigenvalue weighted by molar-refractivity contribution is 8.05. The molecule has 0 fully saturated rings. The number of aromatic amines is 1. The molecule has 0 amide bonds. The molecule has 4 rings (SSSR count). The Morgan fingerprint density at radius 3 is 2.58 bits per heavy atom. The average Bonchev–Trinajstić information content (AvgIpc) is 3.39. The van der Waals surface area contributed by atoms with Crippen molar-refractivity contribution in [2.24, 2.45) is 10.2 Å². The highest BCUT2D eigenvalue weighted by Gasteiger charge is 2.31. The van der Waals surface area contributed by atoms with E-state index in [2.05, 4.69) is 15.3 Å². The van der Waals surface area contributed by atoms with Crippen LogP contribution < -0.4 is 5.56 Å². The molecule has 0 spiro atoms. The molecule has 0 saturated carbocycles. The number of nitrogens with one attached hydrogen (secondary N) is 1. The number of H-pyrrole nitrogens is 1. The lowest BCUT2D eigenvalue weighted by molar-refractivity contribution is -0.137. The van der Waals surface area contributed by atoms with E-state index in [1.807, 2.05) is 11.5 Å². The summed E-state index contributed by atoms with van der Waals surface area (Å²) in [5.41, 5.74) is -0.354. The van der Waals surface area contributed by atoms with Crippen molar-refractivity contribution in [3.8, 4) is 22.2 Å². The summed E-state index contributed by atoms with van der Waals surface area (Å²) in [7, 11) is 0. The molecule has 1 N–H and O–H groups in total. The van der Waals surface area contributed by atoms with Gasteiger partial charge in [0.05, 0.1) is 27.8 Å². The monoisotopic (exact) mass is 557 g/mol. The Hall–Kier alpha value is -4.15. The van der Waals surface area contributed by atoms with Gasteiger partial charge in [0.15, 0.2) is 10.7 Å². The van der Waals surface area contributed by atoms with Crippen LogP contribution >= 0.6 is 23.1 Å². The number of azo groups is 1. The lowest BCUT2D eigenvalue weighted by atomic mass is 10.0. The zero-order chi connectivity index (χ0) is 27.4. The second-order valence-electron chi connectivity index (χ2n) is 7.70. The summed E-state index contributed by atoms with van der Waals surface area (Å²) in [6, 6.07) is 13.2. The smallest absolute Gasteiger partial charge is 0.416 e. The Morgan fingerprint density at radius 2 is 1.92 bits per heavy atom. The van der Waals surface area contributed by atoms with Crippen molar-refractivity contribution in [1.82, 2.24) is 9.78 Å². The first-order valence-electron chi connectivity index (χ1n) is 11.0. The zero-order valence-electron chi connectivity index (χ0n) is 19.9. The molecule has 38 heavy (non-hydrogen) atoms. The molecule has 194 valence electrons. The molecule has 2 heterocycles. The second kappa shape index (κ2) is 11.1. The number of esters is 1. The topological polar surface area (TPSA) is 113 Å². The first-order chi connectivity index (χ1) is 18.2. The van der Waals surface area contributed by atoms with Gasteiger partial charge in [-0.1, -0.05) is 36.4 Å². The molecule has 0 atom stereocenters.